The summed E-state index contributed by atoms with van der Waals surface area (Å²) in [6.07, 6.45) is 2.62. The third-order valence-electron chi connectivity index (χ3n) is 3.10. The number of nitrogens with one attached hydrogen (secondary N) is 1. The molecule has 2 amide bonds. The number of carbonyl (C=O) groups is 2. The van der Waals surface area contributed by atoms with Gasteiger partial charge in [-0.15, -0.1) is 0 Å². The van der Waals surface area contributed by atoms with Crippen molar-refractivity contribution in [1.29, 1.82) is 0 Å². The monoisotopic (exact) mass is 276 g/mol. The first-order valence-corrected chi connectivity index (χ1v) is 7.11. The number of aryl methyl sites for hydroxylation is 1. The molecule has 110 valence electrons. The first-order valence-electron chi connectivity index (χ1n) is 7.11. The zero-order valence-corrected chi connectivity index (χ0v) is 12.3. The van der Waals surface area contributed by atoms with E-state index >= 15 is 0 Å². The first kappa shape index (κ1) is 16.2. The van der Waals surface area contributed by atoms with E-state index in [1.165, 1.54) is 5.56 Å². The Bertz CT molecular complexity index is 429. The molecule has 1 aromatic rings. The van der Waals surface area contributed by atoms with Gasteiger partial charge in [-0.2, -0.15) is 0 Å². The van der Waals surface area contributed by atoms with Gasteiger partial charge >= 0.3 is 0 Å². The average Bonchev–Trinajstić information content (AvgIpc) is 2.38. The van der Waals surface area contributed by atoms with Crippen molar-refractivity contribution in [2.45, 2.75) is 45.6 Å². The maximum atomic E-state index is 11.8. The molecule has 0 unspecified atom stereocenters. The molecule has 0 aliphatic carbocycles. The van der Waals surface area contributed by atoms with Crippen molar-refractivity contribution in [2.24, 2.45) is 11.7 Å². The van der Waals surface area contributed by atoms with Gasteiger partial charge in [0, 0.05) is 6.42 Å². The fourth-order valence-corrected chi connectivity index (χ4v) is 2.08. The van der Waals surface area contributed by atoms with Crippen LogP contribution >= 0.6 is 0 Å². The van der Waals surface area contributed by atoms with Crippen LogP contribution in [-0.4, -0.2) is 17.9 Å². The molecular weight excluding hydrogens is 252 g/mol. The second-order valence-electron chi connectivity index (χ2n) is 5.49. The van der Waals surface area contributed by atoms with Crippen molar-refractivity contribution in [3.8, 4) is 0 Å². The van der Waals surface area contributed by atoms with Crippen LogP contribution in [0.2, 0.25) is 0 Å². The molecule has 3 N–H and O–H groups in total. The van der Waals surface area contributed by atoms with Crippen LogP contribution in [0.15, 0.2) is 30.3 Å². The molecule has 0 radical (unpaired) electrons. The smallest absolute Gasteiger partial charge is 0.240 e. The Balaban J connectivity index is 2.33. The Kier molecular flexibility index (Phi) is 6.77. The van der Waals surface area contributed by atoms with Gasteiger partial charge in [0.25, 0.3) is 0 Å². The summed E-state index contributed by atoms with van der Waals surface area (Å²) in [6.45, 7) is 4.00. The highest BCUT2D eigenvalue weighted by molar-refractivity contribution is 5.86. The van der Waals surface area contributed by atoms with Crippen molar-refractivity contribution < 1.29 is 9.59 Å². The number of hydrogen-bond donors (Lipinski definition) is 2. The van der Waals surface area contributed by atoms with Crippen LogP contribution in [0.1, 0.15) is 38.7 Å². The molecule has 0 heterocycles. The summed E-state index contributed by atoms with van der Waals surface area (Å²) in [5.74, 6) is -0.252. The van der Waals surface area contributed by atoms with Gasteiger partial charge in [-0.1, -0.05) is 44.2 Å². The van der Waals surface area contributed by atoms with Crippen LogP contribution in [0.5, 0.6) is 0 Å². The standard InChI is InChI=1S/C16H24N2O2/c1-12(2)11-14(16(17)20)18-15(19)10-6-9-13-7-4-3-5-8-13/h3-5,7-8,12,14H,6,9-11H2,1-2H3,(H2,17,20)(H,18,19)/t14-/m0/s1. The number of primary amides is 1. The molecule has 0 aromatic heterocycles. The molecule has 0 bridgehead atoms. The molecule has 0 aliphatic heterocycles. The minimum Gasteiger partial charge on any atom is -0.368 e. The second kappa shape index (κ2) is 8.35. The van der Waals surface area contributed by atoms with Crippen LogP contribution in [0, 0.1) is 5.92 Å². The lowest BCUT2D eigenvalue weighted by Crippen LogP contribution is -2.45. The molecule has 20 heavy (non-hydrogen) atoms. The van der Waals surface area contributed by atoms with Gasteiger partial charge in [0.2, 0.25) is 11.8 Å². The third-order valence-corrected chi connectivity index (χ3v) is 3.10. The zero-order valence-electron chi connectivity index (χ0n) is 12.3. The van der Waals surface area contributed by atoms with Crippen LogP contribution in [0.25, 0.3) is 0 Å². The van der Waals surface area contributed by atoms with Crippen LogP contribution < -0.4 is 11.1 Å². The lowest BCUT2D eigenvalue weighted by Gasteiger charge is -2.17. The molecule has 0 saturated carbocycles. The van der Waals surface area contributed by atoms with E-state index in [-0.39, 0.29) is 5.91 Å². The van der Waals surface area contributed by atoms with Crippen molar-refractivity contribution in [3.63, 3.8) is 0 Å². The summed E-state index contributed by atoms with van der Waals surface area (Å²) in [4.78, 5) is 23.1. The van der Waals surface area contributed by atoms with Gasteiger partial charge < -0.3 is 11.1 Å². The molecule has 0 fully saturated rings. The van der Waals surface area contributed by atoms with Crippen molar-refractivity contribution in [2.75, 3.05) is 0 Å². The van der Waals surface area contributed by atoms with Gasteiger partial charge in [0.1, 0.15) is 6.04 Å². The molecule has 1 rings (SSSR count). The highest BCUT2D eigenvalue weighted by Crippen LogP contribution is 2.07. The number of amides is 2. The largest absolute Gasteiger partial charge is 0.368 e. The fourth-order valence-electron chi connectivity index (χ4n) is 2.08. The van der Waals surface area contributed by atoms with Crippen molar-refractivity contribution in [3.05, 3.63) is 35.9 Å². The van der Waals surface area contributed by atoms with Gasteiger partial charge in [0.05, 0.1) is 0 Å². The number of benzene rings is 1. The highest BCUT2D eigenvalue weighted by atomic mass is 16.2. The first-order chi connectivity index (χ1) is 9.49. The predicted octanol–water partition coefficient (Wildman–Crippen LogP) is 2.03. The predicted molar refractivity (Wildman–Crippen MR) is 80.0 cm³/mol. The second-order valence-corrected chi connectivity index (χ2v) is 5.49. The number of rotatable bonds is 8. The van der Waals surface area contributed by atoms with E-state index < -0.39 is 11.9 Å². The van der Waals surface area contributed by atoms with Gasteiger partial charge in [-0.3, -0.25) is 9.59 Å². The lowest BCUT2D eigenvalue weighted by atomic mass is 10.0. The summed E-state index contributed by atoms with van der Waals surface area (Å²) in [5, 5.41) is 2.72. The minimum absolute atomic E-state index is 0.106. The molecular formula is C16H24N2O2. The van der Waals surface area contributed by atoms with E-state index in [4.69, 9.17) is 5.73 Å². The van der Waals surface area contributed by atoms with Crippen molar-refractivity contribution in [1.82, 2.24) is 5.32 Å². The van der Waals surface area contributed by atoms with E-state index in [0.29, 0.717) is 18.8 Å². The summed E-state index contributed by atoms with van der Waals surface area (Å²) in [7, 11) is 0. The zero-order chi connectivity index (χ0) is 15.0. The summed E-state index contributed by atoms with van der Waals surface area (Å²) in [5.41, 5.74) is 6.52. The molecule has 0 saturated heterocycles. The summed E-state index contributed by atoms with van der Waals surface area (Å²) < 4.78 is 0. The minimum atomic E-state index is -0.556. The number of carbonyl (C=O) groups excluding carboxylic acids is 2. The van der Waals surface area contributed by atoms with Gasteiger partial charge in [0.15, 0.2) is 0 Å². The van der Waals surface area contributed by atoms with E-state index in [0.717, 1.165) is 12.8 Å². The molecule has 0 aliphatic rings. The average molecular weight is 276 g/mol. The highest BCUT2D eigenvalue weighted by Gasteiger charge is 2.18. The molecule has 4 nitrogen and oxygen atoms in total. The number of nitrogens with two attached hydrogens (primary N) is 1. The fraction of sp³-hybridized carbons (Fsp3) is 0.500. The van der Waals surface area contributed by atoms with Gasteiger partial charge in [-0.05, 0) is 30.7 Å². The summed E-state index contributed by atoms with van der Waals surface area (Å²) >= 11 is 0. The maximum absolute atomic E-state index is 11.8. The maximum Gasteiger partial charge on any atom is 0.240 e. The van der Waals surface area contributed by atoms with Crippen LogP contribution in [0.3, 0.4) is 0 Å². The Labute approximate surface area is 120 Å². The Morgan fingerprint density at radius 3 is 2.40 bits per heavy atom. The van der Waals surface area contributed by atoms with E-state index in [1.54, 1.807) is 0 Å². The molecule has 4 heteroatoms. The molecule has 1 aromatic carbocycles. The Morgan fingerprint density at radius 2 is 1.85 bits per heavy atom. The Hall–Kier alpha value is -1.84. The SMILES string of the molecule is CC(C)C[C@H](NC(=O)CCCc1ccccc1)C(N)=O. The quantitative estimate of drug-likeness (QED) is 0.762. The molecule has 1 atom stereocenters. The van der Waals surface area contributed by atoms with Crippen molar-refractivity contribution >= 4 is 11.8 Å². The van der Waals surface area contributed by atoms with Crippen LogP contribution in [0.4, 0.5) is 0 Å². The van der Waals surface area contributed by atoms with Gasteiger partial charge in [-0.25, -0.2) is 0 Å². The van der Waals surface area contributed by atoms with Crippen LogP contribution in [-0.2, 0) is 16.0 Å². The lowest BCUT2D eigenvalue weighted by molar-refractivity contribution is -0.127. The normalized spacial score (nSPS) is 12.2. The third kappa shape index (κ3) is 6.36. The summed E-state index contributed by atoms with van der Waals surface area (Å²) in [6, 6.07) is 9.48. The van der Waals surface area contributed by atoms with E-state index in [2.05, 4.69) is 5.32 Å². The number of hydrogen-bond acceptors (Lipinski definition) is 2. The van der Waals surface area contributed by atoms with E-state index in [1.807, 2.05) is 44.2 Å². The topological polar surface area (TPSA) is 72.2 Å². The Morgan fingerprint density at radius 1 is 1.20 bits per heavy atom. The van der Waals surface area contributed by atoms with E-state index in [9.17, 15) is 9.59 Å². The molecule has 0 spiro atoms.